The lowest BCUT2D eigenvalue weighted by atomic mass is 9.98. The zero-order valence-electron chi connectivity index (χ0n) is 10.3. The predicted molar refractivity (Wildman–Crippen MR) is 65.7 cm³/mol. The van der Waals surface area contributed by atoms with Gasteiger partial charge in [-0.15, -0.1) is 0 Å². The maximum absolute atomic E-state index is 3.40. The molecule has 0 amide bonds. The molecule has 0 bridgehead atoms. The minimum atomic E-state index is 0.497. The quantitative estimate of drug-likeness (QED) is 0.708. The van der Waals surface area contributed by atoms with Crippen molar-refractivity contribution in [2.24, 2.45) is 11.8 Å². The highest BCUT2D eigenvalue weighted by molar-refractivity contribution is 5.03. The molecule has 0 aromatic carbocycles. The average Bonchev–Trinajstić information content (AvgIpc) is 2.18. The Kier molecular flexibility index (Phi) is 5.75. The summed E-state index contributed by atoms with van der Waals surface area (Å²) in [6.45, 7) is 8.78. The topological polar surface area (TPSA) is 15.3 Å². The van der Waals surface area contributed by atoms with E-state index in [4.69, 9.17) is 0 Å². The summed E-state index contributed by atoms with van der Waals surface area (Å²) in [5, 5.41) is 3.40. The van der Waals surface area contributed by atoms with Crippen LogP contribution in [0, 0.1) is 23.7 Å². The normalized spacial score (nSPS) is 17.9. The number of hydrogen-bond donors (Lipinski definition) is 1. The Morgan fingerprint density at radius 1 is 1.33 bits per heavy atom. The van der Waals surface area contributed by atoms with Crippen LogP contribution in [0.15, 0.2) is 0 Å². The summed E-state index contributed by atoms with van der Waals surface area (Å²) in [4.78, 5) is 2.35. The van der Waals surface area contributed by atoms with Crippen molar-refractivity contribution >= 4 is 0 Å². The van der Waals surface area contributed by atoms with Gasteiger partial charge in [-0.1, -0.05) is 25.7 Å². The van der Waals surface area contributed by atoms with Gasteiger partial charge in [0.1, 0.15) is 0 Å². The standard InChI is InChI=1S/C13H24N2/c1-12(2)5-4-10-15(3)11-13-6-8-14-9-7-13/h12-14H,6-11H2,1-3H3. The van der Waals surface area contributed by atoms with E-state index >= 15 is 0 Å². The SMILES string of the molecule is CC(C)C#CCN(C)CC1CCNCC1. The molecule has 0 spiro atoms. The molecule has 1 aliphatic rings. The third-order valence-corrected chi connectivity index (χ3v) is 2.77. The van der Waals surface area contributed by atoms with E-state index < -0.39 is 0 Å². The van der Waals surface area contributed by atoms with Crippen molar-refractivity contribution in [2.45, 2.75) is 26.7 Å². The van der Waals surface area contributed by atoms with Crippen LogP contribution in [0.2, 0.25) is 0 Å². The van der Waals surface area contributed by atoms with Gasteiger partial charge < -0.3 is 5.32 Å². The fourth-order valence-electron chi connectivity index (χ4n) is 1.95. The number of nitrogens with zero attached hydrogens (tertiary/aromatic N) is 1. The van der Waals surface area contributed by atoms with E-state index in [0.29, 0.717) is 5.92 Å². The third kappa shape index (κ3) is 5.81. The highest BCUT2D eigenvalue weighted by Crippen LogP contribution is 2.12. The van der Waals surface area contributed by atoms with Crippen LogP contribution in [0.4, 0.5) is 0 Å². The van der Waals surface area contributed by atoms with Gasteiger partial charge >= 0.3 is 0 Å². The molecule has 0 unspecified atom stereocenters. The molecule has 1 rings (SSSR count). The number of piperidine rings is 1. The number of hydrogen-bond acceptors (Lipinski definition) is 2. The van der Waals surface area contributed by atoms with Crippen LogP contribution in [0.25, 0.3) is 0 Å². The van der Waals surface area contributed by atoms with Crippen LogP contribution in [0.3, 0.4) is 0 Å². The summed E-state index contributed by atoms with van der Waals surface area (Å²) in [6.07, 6.45) is 2.64. The summed E-state index contributed by atoms with van der Waals surface area (Å²) in [6, 6.07) is 0. The Bertz CT molecular complexity index is 218. The highest BCUT2D eigenvalue weighted by atomic mass is 15.1. The first kappa shape index (κ1) is 12.5. The van der Waals surface area contributed by atoms with E-state index in [0.717, 1.165) is 12.5 Å². The highest BCUT2D eigenvalue weighted by Gasteiger charge is 2.14. The minimum Gasteiger partial charge on any atom is -0.317 e. The first-order chi connectivity index (χ1) is 7.18. The summed E-state index contributed by atoms with van der Waals surface area (Å²) in [7, 11) is 2.18. The van der Waals surface area contributed by atoms with Gasteiger partial charge in [-0.2, -0.15) is 0 Å². The fraction of sp³-hybridized carbons (Fsp3) is 0.846. The van der Waals surface area contributed by atoms with Crippen LogP contribution in [-0.4, -0.2) is 38.1 Å². The average molecular weight is 208 g/mol. The van der Waals surface area contributed by atoms with Crippen LogP contribution >= 0.6 is 0 Å². The number of nitrogens with one attached hydrogen (secondary N) is 1. The van der Waals surface area contributed by atoms with Gasteiger partial charge in [0.25, 0.3) is 0 Å². The Hall–Kier alpha value is -0.520. The van der Waals surface area contributed by atoms with Gasteiger partial charge in [0.05, 0.1) is 6.54 Å². The molecule has 0 saturated carbocycles. The predicted octanol–water partition coefficient (Wildman–Crippen LogP) is 1.58. The van der Waals surface area contributed by atoms with Gasteiger partial charge in [0.2, 0.25) is 0 Å². The molecule has 0 aliphatic carbocycles. The molecule has 15 heavy (non-hydrogen) atoms. The lowest BCUT2D eigenvalue weighted by molar-refractivity contribution is 0.259. The third-order valence-electron chi connectivity index (χ3n) is 2.77. The summed E-state index contributed by atoms with van der Waals surface area (Å²) in [5.41, 5.74) is 0. The van der Waals surface area contributed by atoms with E-state index in [1.54, 1.807) is 0 Å². The van der Waals surface area contributed by atoms with Crippen LogP contribution in [-0.2, 0) is 0 Å². The molecule has 0 radical (unpaired) electrons. The van der Waals surface area contributed by atoms with E-state index in [-0.39, 0.29) is 0 Å². The Morgan fingerprint density at radius 3 is 2.60 bits per heavy atom. The molecule has 0 atom stereocenters. The summed E-state index contributed by atoms with van der Waals surface area (Å²) < 4.78 is 0. The molecule has 0 aromatic heterocycles. The van der Waals surface area contributed by atoms with Crippen LogP contribution in [0.1, 0.15) is 26.7 Å². The summed E-state index contributed by atoms with van der Waals surface area (Å²) in [5.74, 6) is 7.81. The lowest BCUT2D eigenvalue weighted by Crippen LogP contribution is -2.34. The Morgan fingerprint density at radius 2 is 2.00 bits per heavy atom. The molecule has 0 aromatic rings. The van der Waals surface area contributed by atoms with Gasteiger partial charge in [-0.05, 0) is 38.9 Å². The lowest BCUT2D eigenvalue weighted by Gasteiger charge is -2.26. The second kappa shape index (κ2) is 6.87. The summed E-state index contributed by atoms with van der Waals surface area (Å²) >= 11 is 0. The smallest absolute Gasteiger partial charge is 0.0599 e. The molecule has 86 valence electrons. The van der Waals surface area contributed by atoms with Crippen LogP contribution < -0.4 is 5.32 Å². The van der Waals surface area contributed by atoms with Gasteiger partial charge in [-0.3, -0.25) is 4.90 Å². The van der Waals surface area contributed by atoms with E-state index in [1.807, 2.05) is 0 Å². The van der Waals surface area contributed by atoms with Crippen molar-refractivity contribution in [3.05, 3.63) is 0 Å². The van der Waals surface area contributed by atoms with Gasteiger partial charge in [0.15, 0.2) is 0 Å². The van der Waals surface area contributed by atoms with Crippen molar-refractivity contribution in [1.29, 1.82) is 0 Å². The maximum Gasteiger partial charge on any atom is 0.0599 e. The molecule has 2 nitrogen and oxygen atoms in total. The molecular weight excluding hydrogens is 184 g/mol. The van der Waals surface area contributed by atoms with Crippen molar-refractivity contribution in [1.82, 2.24) is 10.2 Å². The van der Waals surface area contributed by atoms with Crippen molar-refractivity contribution in [2.75, 3.05) is 33.2 Å². The maximum atomic E-state index is 3.40. The molecule has 1 fully saturated rings. The zero-order chi connectivity index (χ0) is 11.1. The van der Waals surface area contributed by atoms with Crippen molar-refractivity contribution in [3.63, 3.8) is 0 Å². The van der Waals surface area contributed by atoms with Gasteiger partial charge in [0, 0.05) is 12.5 Å². The van der Waals surface area contributed by atoms with E-state index in [2.05, 4.69) is 43.0 Å². The Labute approximate surface area is 94.4 Å². The Balaban J connectivity index is 2.17. The van der Waals surface area contributed by atoms with E-state index in [1.165, 1.54) is 32.5 Å². The number of rotatable bonds is 3. The second-order valence-electron chi connectivity index (χ2n) is 4.87. The molecule has 1 N–H and O–H groups in total. The first-order valence-electron chi connectivity index (χ1n) is 6.06. The van der Waals surface area contributed by atoms with Gasteiger partial charge in [-0.25, -0.2) is 0 Å². The zero-order valence-corrected chi connectivity index (χ0v) is 10.3. The van der Waals surface area contributed by atoms with Crippen molar-refractivity contribution in [3.8, 4) is 11.8 Å². The molecule has 2 heteroatoms. The molecular formula is C13H24N2. The van der Waals surface area contributed by atoms with Crippen molar-refractivity contribution < 1.29 is 0 Å². The largest absolute Gasteiger partial charge is 0.317 e. The van der Waals surface area contributed by atoms with E-state index in [9.17, 15) is 0 Å². The second-order valence-corrected chi connectivity index (χ2v) is 4.87. The minimum absolute atomic E-state index is 0.497. The molecule has 1 aliphatic heterocycles. The fourth-order valence-corrected chi connectivity index (χ4v) is 1.95. The first-order valence-corrected chi connectivity index (χ1v) is 6.06. The monoisotopic (exact) mass is 208 g/mol. The molecule has 1 saturated heterocycles. The molecule has 1 heterocycles. The van der Waals surface area contributed by atoms with Crippen LogP contribution in [0.5, 0.6) is 0 Å².